The van der Waals surface area contributed by atoms with Gasteiger partial charge in [-0.2, -0.15) is 0 Å². The minimum absolute atomic E-state index is 0.0636. The van der Waals surface area contributed by atoms with Crippen LogP contribution >= 0.6 is 23.8 Å². The summed E-state index contributed by atoms with van der Waals surface area (Å²) < 4.78 is 26.1. The van der Waals surface area contributed by atoms with Gasteiger partial charge in [0, 0.05) is 0 Å². The first-order chi connectivity index (χ1) is 17.3. The third-order valence-corrected chi connectivity index (χ3v) is 5.87. The van der Waals surface area contributed by atoms with E-state index in [9.17, 15) is 14.0 Å². The maximum absolute atomic E-state index is 14.4. The number of para-hydroxylation sites is 1. The number of hydrogen-bond acceptors (Lipinski definition) is 5. The Morgan fingerprint density at radius 2 is 1.86 bits per heavy atom. The molecule has 1 aliphatic rings. The Kier molecular flexibility index (Phi) is 7.67. The van der Waals surface area contributed by atoms with Crippen LogP contribution in [0.3, 0.4) is 0 Å². The number of thiocarbonyl (C=S) groups is 1. The van der Waals surface area contributed by atoms with Crippen molar-refractivity contribution in [2.75, 3.05) is 11.5 Å². The molecule has 0 aromatic heterocycles. The monoisotopic (exact) mass is 524 g/mol. The summed E-state index contributed by atoms with van der Waals surface area (Å²) in [7, 11) is 0. The Labute approximate surface area is 218 Å². The van der Waals surface area contributed by atoms with Crippen LogP contribution in [0.15, 0.2) is 66.2 Å². The van der Waals surface area contributed by atoms with Crippen molar-refractivity contribution < 1.29 is 23.5 Å². The average Bonchev–Trinajstić information content (AvgIpc) is 2.82. The van der Waals surface area contributed by atoms with Crippen LogP contribution in [-0.2, 0) is 16.2 Å². The summed E-state index contributed by atoms with van der Waals surface area (Å²) in [5.41, 5.74) is 2.19. The molecule has 1 fully saturated rings. The summed E-state index contributed by atoms with van der Waals surface area (Å²) >= 11 is 11.7. The summed E-state index contributed by atoms with van der Waals surface area (Å²) in [4.78, 5) is 26.8. The Morgan fingerprint density at radius 1 is 1.08 bits per heavy atom. The van der Waals surface area contributed by atoms with Gasteiger partial charge in [0.1, 0.15) is 18.0 Å². The van der Waals surface area contributed by atoms with Crippen LogP contribution in [0.2, 0.25) is 5.02 Å². The first-order valence-electron chi connectivity index (χ1n) is 11.1. The molecule has 1 aliphatic heterocycles. The molecule has 3 aromatic carbocycles. The van der Waals surface area contributed by atoms with Gasteiger partial charge >= 0.3 is 0 Å². The molecule has 9 heteroatoms. The number of anilines is 1. The molecule has 0 spiro atoms. The molecule has 6 nitrogen and oxygen atoms in total. The number of carbonyl (C=O) groups excluding carboxylic acids is 2. The van der Waals surface area contributed by atoms with Crippen molar-refractivity contribution in [2.45, 2.75) is 20.5 Å². The zero-order valence-corrected chi connectivity index (χ0v) is 21.1. The van der Waals surface area contributed by atoms with Gasteiger partial charge in [-0.3, -0.25) is 14.9 Å². The second-order valence-electron chi connectivity index (χ2n) is 7.95. The molecular formula is C27H22ClFN2O4S. The van der Waals surface area contributed by atoms with Crippen molar-refractivity contribution in [3.05, 3.63) is 93.8 Å². The third kappa shape index (κ3) is 5.40. The summed E-state index contributed by atoms with van der Waals surface area (Å²) in [6.45, 7) is 4.42. The fraction of sp³-hybridized carbons (Fsp3) is 0.148. The fourth-order valence-corrected chi connectivity index (χ4v) is 4.26. The summed E-state index contributed by atoms with van der Waals surface area (Å²) in [6, 6.07) is 16.7. The van der Waals surface area contributed by atoms with E-state index in [1.165, 1.54) is 24.3 Å². The number of amides is 2. The maximum Gasteiger partial charge on any atom is 0.270 e. The summed E-state index contributed by atoms with van der Waals surface area (Å²) in [5, 5.41) is 2.47. The molecule has 0 atom stereocenters. The van der Waals surface area contributed by atoms with Crippen molar-refractivity contribution in [1.82, 2.24) is 5.32 Å². The van der Waals surface area contributed by atoms with Gasteiger partial charge < -0.3 is 9.47 Å². The van der Waals surface area contributed by atoms with E-state index in [4.69, 9.17) is 33.3 Å². The topological polar surface area (TPSA) is 67.9 Å². The van der Waals surface area contributed by atoms with Crippen molar-refractivity contribution in [3.63, 3.8) is 0 Å². The molecule has 0 aliphatic carbocycles. The smallest absolute Gasteiger partial charge is 0.270 e. The molecule has 4 rings (SSSR count). The van der Waals surface area contributed by atoms with Crippen LogP contribution in [-0.4, -0.2) is 23.5 Å². The number of nitrogens with zero attached hydrogens (tertiary/aromatic N) is 1. The minimum Gasteiger partial charge on any atom is -0.490 e. The van der Waals surface area contributed by atoms with Gasteiger partial charge in [-0.05, 0) is 67.5 Å². The highest BCUT2D eigenvalue weighted by atomic mass is 35.5. The fourth-order valence-electron chi connectivity index (χ4n) is 3.71. The number of ether oxygens (including phenoxy) is 2. The average molecular weight is 525 g/mol. The van der Waals surface area contributed by atoms with Crippen LogP contribution in [0, 0.1) is 12.7 Å². The van der Waals surface area contributed by atoms with Crippen LogP contribution < -0.4 is 19.7 Å². The molecule has 0 saturated carbocycles. The quantitative estimate of drug-likeness (QED) is 0.248. The lowest BCUT2D eigenvalue weighted by Crippen LogP contribution is -2.54. The number of nitrogens with one attached hydrogen (secondary N) is 1. The SMILES string of the molecule is CCOc1cc(/C=C2\C(=O)NC(=S)N(c3ccccc3F)C2=O)cc(Cl)c1OCc1cccc(C)c1. The Morgan fingerprint density at radius 3 is 2.58 bits per heavy atom. The van der Waals surface area contributed by atoms with E-state index in [0.717, 1.165) is 16.0 Å². The highest BCUT2D eigenvalue weighted by molar-refractivity contribution is 7.80. The van der Waals surface area contributed by atoms with Gasteiger partial charge in [0.25, 0.3) is 11.8 Å². The first kappa shape index (κ1) is 25.3. The summed E-state index contributed by atoms with van der Waals surface area (Å²) in [5.74, 6) is -1.42. The van der Waals surface area contributed by atoms with Crippen molar-refractivity contribution in [3.8, 4) is 11.5 Å². The zero-order chi connectivity index (χ0) is 25.8. The highest BCUT2D eigenvalue weighted by Gasteiger charge is 2.35. The summed E-state index contributed by atoms with van der Waals surface area (Å²) in [6.07, 6.45) is 1.35. The lowest BCUT2D eigenvalue weighted by molar-refractivity contribution is -0.122. The zero-order valence-electron chi connectivity index (χ0n) is 19.5. The van der Waals surface area contributed by atoms with E-state index >= 15 is 0 Å². The predicted molar refractivity (Wildman–Crippen MR) is 141 cm³/mol. The van der Waals surface area contributed by atoms with E-state index in [1.807, 2.05) is 38.1 Å². The highest BCUT2D eigenvalue weighted by Crippen LogP contribution is 2.38. The van der Waals surface area contributed by atoms with Gasteiger partial charge in [-0.25, -0.2) is 9.29 Å². The Bertz CT molecular complexity index is 1390. The standard InChI is InChI=1S/C27H22ClFN2O4S/c1-3-34-23-14-18(13-20(28)24(23)35-15-17-8-6-7-16(2)11-17)12-19-25(32)30-27(36)31(26(19)33)22-10-5-4-9-21(22)29/h4-14H,3,15H2,1-2H3,(H,30,32,36)/b19-12+. The molecule has 3 aromatic rings. The van der Waals surface area contributed by atoms with E-state index < -0.39 is 17.6 Å². The lowest BCUT2D eigenvalue weighted by Gasteiger charge is -2.29. The van der Waals surface area contributed by atoms with E-state index in [0.29, 0.717) is 23.7 Å². The van der Waals surface area contributed by atoms with Gasteiger partial charge in [0.2, 0.25) is 0 Å². The predicted octanol–water partition coefficient (Wildman–Crippen LogP) is 5.60. The van der Waals surface area contributed by atoms with Gasteiger partial charge in [-0.15, -0.1) is 0 Å². The first-order valence-corrected chi connectivity index (χ1v) is 11.9. The second kappa shape index (κ2) is 10.9. The minimum atomic E-state index is -0.761. The van der Waals surface area contributed by atoms with Crippen LogP contribution in [0.5, 0.6) is 11.5 Å². The Hall–Kier alpha value is -3.75. The Balaban J connectivity index is 1.67. The van der Waals surface area contributed by atoms with Crippen molar-refractivity contribution >= 4 is 52.5 Å². The molecule has 1 N–H and O–H groups in total. The van der Waals surface area contributed by atoms with Crippen LogP contribution in [0.25, 0.3) is 6.08 Å². The van der Waals surface area contributed by atoms with E-state index in [1.54, 1.807) is 18.2 Å². The number of halogens is 2. The number of hydrogen-bond donors (Lipinski definition) is 1. The molecule has 2 amide bonds. The third-order valence-electron chi connectivity index (χ3n) is 5.30. The van der Waals surface area contributed by atoms with Gasteiger partial charge in [0.15, 0.2) is 16.6 Å². The number of carbonyl (C=O) groups is 2. The van der Waals surface area contributed by atoms with Gasteiger partial charge in [-0.1, -0.05) is 53.6 Å². The normalized spacial score (nSPS) is 14.7. The molecule has 0 radical (unpaired) electrons. The molecule has 0 unspecified atom stereocenters. The van der Waals surface area contributed by atoms with Crippen molar-refractivity contribution in [2.24, 2.45) is 0 Å². The largest absolute Gasteiger partial charge is 0.490 e. The molecule has 184 valence electrons. The van der Waals surface area contributed by atoms with Crippen LogP contribution in [0.1, 0.15) is 23.6 Å². The van der Waals surface area contributed by atoms with Crippen LogP contribution in [0.4, 0.5) is 10.1 Å². The lowest BCUT2D eigenvalue weighted by atomic mass is 10.1. The second-order valence-corrected chi connectivity index (χ2v) is 8.74. The van der Waals surface area contributed by atoms with E-state index in [2.05, 4.69) is 5.32 Å². The molecule has 0 bridgehead atoms. The molecular weight excluding hydrogens is 503 g/mol. The van der Waals surface area contributed by atoms with Gasteiger partial charge in [0.05, 0.1) is 17.3 Å². The van der Waals surface area contributed by atoms with Crippen molar-refractivity contribution in [1.29, 1.82) is 0 Å². The molecule has 1 saturated heterocycles. The maximum atomic E-state index is 14.4. The number of rotatable bonds is 7. The van der Waals surface area contributed by atoms with E-state index in [-0.39, 0.29) is 28.0 Å². The number of aryl methyl sites for hydroxylation is 1. The molecule has 1 heterocycles. The number of benzene rings is 3. The molecule has 36 heavy (non-hydrogen) atoms.